The zero-order valence-electron chi connectivity index (χ0n) is 10.5. The van der Waals surface area contributed by atoms with Crippen molar-refractivity contribution in [3.8, 4) is 5.75 Å². The maximum atomic E-state index is 13.0. The standard InChI is InChI=1S/C13H9FN2O5/c14-10-3-8(5-15-6-10)7-21-12-4-9(13(17)18)1-2-11(12)16(19)20/h1-6H,7H2,(H,17,18). The molecule has 0 atom stereocenters. The number of nitro benzene ring substituents is 1. The molecule has 8 heteroatoms. The number of carbonyl (C=O) groups is 1. The number of hydrogen-bond acceptors (Lipinski definition) is 5. The molecule has 1 N–H and O–H groups in total. The molecule has 0 amide bonds. The van der Waals surface area contributed by atoms with E-state index in [1.54, 1.807) is 0 Å². The van der Waals surface area contributed by atoms with Crippen LogP contribution in [0.5, 0.6) is 5.75 Å². The second kappa shape index (κ2) is 5.95. The molecule has 1 heterocycles. The number of nitro groups is 1. The quantitative estimate of drug-likeness (QED) is 0.670. The fourth-order valence-corrected chi connectivity index (χ4v) is 1.61. The van der Waals surface area contributed by atoms with Gasteiger partial charge in [-0.1, -0.05) is 0 Å². The fraction of sp³-hybridized carbons (Fsp3) is 0.0769. The summed E-state index contributed by atoms with van der Waals surface area (Å²) in [5, 5.41) is 19.7. The highest BCUT2D eigenvalue weighted by molar-refractivity contribution is 5.88. The predicted octanol–water partition coefficient (Wildman–Crippen LogP) is 2.41. The van der Waals surface area contributed by atoms with E-state index in [2.05, 4.69) is 4.98 Å². The first-order chi connectivity index (χ1) is 9.97. The Kier molecular flexibility index (Phi) is 4.07. The van der Waals surface area contributed by atoms with Crippen LogP contribution in [-0.2, 0) is 6.61 Å². The Hall–Kier alpha value is -3.03. The Morgan fingerprint density at radius 2 is 2.14 bits per heavy atom. The summed E-state index contributed by atoms with van der Waals surface area (Å²) in [5.74, 6) is -2.00. The first-order valence-electron chi connectivity index (χ1n) is 5.71. The first kappa shape index (κ1) is 14.4. The third kappa shape index (κ3) is 3.50. The minimum absolute atomic E-state index is 0.145. The van der Waals surface area contributed by atoms with Crippen molar-refractivity contribution in [2.75, 3.05) is 0 Å². The second-order valence-corrected chi connectivity index (χ2v) is 4.04. The van der Waals surface area contributed by atoms with Gasteiger partial charge in [0.05, 0.1) is 16.7 Å². The smallest absolute Gasteiger partial charge is 0.335 e. The van der Waals surface area contributed by atoms with Crippen LogP contribution in [0.1, 0.15) is 15.9 Å². The molecule has 2 aromatic rings. The summed E-state index contributed by atoms with van der Waals surface area (Å²) >= 11 is 0. The minimum atomic E-state index is -1.23. The molecule has 0 unspecified atom stereocenters. The number of benzene rings is 1. The van der Waals surface area contributed by atoms with Crippen molar-refractivity contribution in [1.29, 1.82) is 0 Å². The van der Waals surface area contributed by atoms with E-state index in [4.69, 9.17) is 9.84 Å². The van der Waals surface area contributed by atoms with E-state index in [0.717, 1.165) is 24.4 Å². The van der Waals surface area contributed by atoms with Gasteiger partial charge in [-0.2, -0.15) is 0 Å². The van der Waals surface area contributed by atoms with Gasteiger partial charge in [0.2, 0.25) is 0 Å². The van der Waals surface area contributed by atoms with E-state index in [1.165, 1.54) is 12.3 Å². The van der Waals surface area contributed by atoms with E-state index >= 15 is 0 Å². The molecule has 0 fully saturated rings. The van der Waals surface area contributed by atoms with E-state index < -0.39 is 16.7 Å². The number of nitrogens with zero attached hydrogens (tertiary/aromatic N) is 2. The van der Waals surface area contributed by atoms with Gasteiger partial charge >= 0.3 is 11.7 Å². The highest BCUT2D eigenvalue weighted by atomic mass is 19.1. The van der Waals surface area contributed by atoms with Gasteiger partial charge < -0.3 is 9.84 Å². The summed E-state index contributed by atoms with van der Waals surface area (Å²) in [7, 11) is 0. The van der Waals surface area contributed by atoms with Crippen molar-refractivity contribution >= 4 is 11.7 Å². The van der Waals surface area contributed by atoms with Crippen LogP contribution in [0, 0.1) is 15.9 Å². The molecule has 0 spiro atoms. The molecule has 7 nitrogen and oxygen atoms in total. The van der Waals surface area contributed by atoms with Crippen molar-refractivity contribution in [2.45, 2.75) is 6.61 Å². The van der Waals surface area contributed by atoms with Crippen LogP contribution in [-0.4, -0.2) is 21.0 Å². The van der Waals surface area contributed by atoms with Crippen molar-refractivity contribution in [3.63, 3.8) is 0 Å². The van der Waals surface area contributed by atoms with Crippen molar-refractivity contribution in [2.24, 2.45) is 0 Å². The molecule has 1 aromatic carbocycles. The average Bonchev–Trinajstić information content (AvgIpc) is 2.44. The molecule has 0 aliphatic carbocycles. The van der Waals surface area contributed by atoms with Gasteiger partial charge in [0.25, 0.3) is 0 Å². The van der Waals surface area contributed by atoms with Crippen LogP contribution in [0.25, 0.3) is 0 Å². The monoisotopic (exact) mass is 292 g/mol. The first-order valence-corrected chi connectivity index (χ1v) is 5.71. The van der Waals surface area contributed by atoms with Gasteiger partial charge in [-0.3, -0.25) is 15.1 Å². The van der Waals surface area contributed by atoms with Gasteiger partial charge in [0.1, 0.15) is 12.4 Å². The number of pyridine rings is 1. The van der Waals surface area contributed by atoms with Gasteiger partial charge in [-0.25, -0.2) is 9.18 Å². The van der Waals surface area contributed by atoms with Crippen molar-refractivity contribution in [1.82, 2.24) is 4.98 Å². The van der Waals surface area contributed by atoms with Crippen LogP contribution in [0.3, 0.4) is 0 Å². The van der Waals surface area contributed by atoms with E-state index in [-0.39, 0.29) is 23.6 Å². The number of carboxylic acids is 1. The number of rotatable bonds is 5. The number of carboxylic acid groups (broad SMARTS) is 1. The molecular formula is C13H9FN2O5. The number of aromatic nitrogens is 1. The van der Waals surface area contributed by atoms with Gasteiger partial charge in [-0.05, 0) is 12.1 Å². The Bertz CT molecular complexity index is 705. The normalized spacial score (nSPS) is 10.1. The molecule has 2 rings (SSSR count). The third-order valence-corrected chi connectivity index (χ3v) is 2.56. The van der Waals surface area contributed by atoms with Crippen LogP contribution in [0.15, 0.2) is 36.7 Å². The van der Waals surface area contributed by atoms with Crippen LogP contribution >= 0.6 is 0 Å². The summed E-state index contributed by atoms with van der Waals surface area (Å²) in [4.78, 5) is 24.7. The number of aromatic carboxylic acids is 1. The highest BCUT2D eigenvalue weighted by Crippen LogP contribution is 2.28. The van der Waals surface area contributed by atoms with Gasteiger partial charge in [0, 0.05) is 23.9 Å². The Morgan fingerprint density at radius 3 is 2.76 bits per heavy atom. The zero-order chi connectivity index (χ0) is 15.4. The number of halogens is 1. The lowest BCUT2D eigenvalue weighted by atomic mass is 10.2. The topological polar surface area (TPSA) is 103 Å². The SMILES string of the molecule is O=C(O)c1ccc([N+](=O)[O-])c(OCc2cncc(F)c2)c1. The molecule has 1 aromatic heterocycles. The molecule has 0 saturated heterocycles. The second-order valence-electron chi connectivity index (χ2n) is 4.04. The summed E-state index contributed by atoms with van der Waals surface area (Å²) in [6.07, 6.45) is 2.35. The number of hydrogen-bond donors (Lipinski definition) is 1. The van der Waals surface area contributed by atoms with Crippen LogP contribution < -0.4 is 4.74 Å². The molecule has 0 saturated carbocycles. The lowest BCUT2D eigenvalue weighted by molar-refractivity contribution is -0.385. The van der Waals surface area contributed by atoms with E-state index in [1.807, 2.05) is 0 Å². The fourth-order valence-electron chi connectivity index (χ4n) is 1.61. The van der Waals surface area contributed by atoms with E-state index in [0.29, 0.717) is 5.56 Å². The molecule has 21 heavy (non-hydrogen) atoms. The number of ether oxygens (including phenoxy) is 1. The molecule has 0 aliphatic heterocycles. The average molecular weight is 292 g/mol. The lowest BCUT2D eigenvalue weighted by Crippen LogP contribution is -2.03. The van der Waals surface area contributed by atoms with Gasteiger partial charge in [-0.15, -0.1) is 0 Å². The Labute approximate surface area is 117 Å². The summed E-state index contributed by atoms with van der Waals surface area (Å²) in [6, 6.07) is 4.37. The largest absolute Gasteiger partial charge is 0.482 e. The highest BCUT2D eigenvalue weighted by Gasteiger charge is 2.18. The summed E-state index contributed by atoms with van der Waals surface area (Å²) in [5.41, 5.74) is -0.151. The molecular weight excluding hydrogens is 283 g/mol. The van der Waals surface area contributed by atoms with Crippen LogP contribution in [0.4, 0.5) is 10.1 Å². The molecule has 108 valence electrons. The van der Waals surface area contributed by atoms with Gasteiger partial charge in [0.15, 0.2) is 5.75 Å². The Balaban J connectivity index is 2.26. The van der Waals surface area contributed by atoms with E-state index in [9.17, 15) is 19.3 Å². The third-order valence-electron chi connectivity index (χ3n) is 2.56. The minimum Gasteiger partial charge on any atom is -0.482 e. The zero-order valence-corrected chi connectivity index (χ0v) is 10.5. The summed E-state index contributed by atoms with van der Waals surface area (Å²) in [6.45, 7) is -0.172. The maximum Gasteiger partial charge on any atom is 0.335 e. The van der Waals surface area contributed by atoms with Crippen LogP contribution in [0.2, 0.25) is 0 Å². The molecule has 0 aliphatic rings. The maximum absolute atomic E-state index is 13.0. The predicted molar refractivity (Wildman–Crippen MR) is 68.6 cm³/mol. The molecule has 0 radical (unpaired) electrons. The van der Waals surface area contributed by atoms with Crippen molar-refractivity contribution < 1.29 is 24.0 Å². The Morgan fingerprint density at radius 1 is 1.38 bits per heavy atom. The van der Waals surface area contributed by atoms with Crippen molar-refractivity contribution in [3.05, 3.63) is 63.7 Å². The summed E-state index contributed by atoms with van der Waals surface area (Å²) < 4.78 is 18.2. The molecule has 0 bridgehead atoms. The lowest BCUT2D eigenvalue weighted by Gasteiger charge is -2.07.